The Labute approximate surface area is 258 Å². The Kier molecular flexibility index (Phi) is 8.78. The van der Waals surface area contributed by atoms with Crippen molar-refractivity contribution in [3.8, 4) is 11.5 Å². The van der Waals surface area contributed by atoms with E-state index in [2.05, 4.69) is 5.32 Å². The molecule has 4 fully saturated rings. The Bertz CT molecular complexity index is 1290. The van der Waals surface area contributed by atoms with Crippen LogP contribution in [0.2, 0.25) is 0 Å². The summed E-state index contributed by atoms with van der Waals surface area (Å²) in [5, 5.41) is 34.2. The molecular formula is C34H46N2O8. The molecule has 10 heteroatoms. The average molecular weight is 611 g/mol. The van der Waals surface area contributed by atoms with Gasteiger partial charge in [-0.25, -0.2) is 0 Å². The van der Waals surface area contributed by atoms with Gasteiger partial charge in [0.1, 0.15) is 18.0 Å². The van der Waals surface area contributed by atoms with Crippen LogP contribution in [0.5, 0.6) is 11.5 Å². The lowest BCUT2D eigenvalue weighted by atomic mass is 9.49. The molecule has 4 saturated carbocycles. The Hall–Kier alpha value is -2.95. The number of hydrogen-bond donors (Lipinski definition) is 4. The molecule has 6 aliphatic rings. The first-order valence-corrected chi connectivity index (χ1v) is 16.2. The molecule has 0 radical (unpaired) electrons. The molecule has 7 rings (SSSR count). The number of Topliss-reactive ketones (excluding diaryl/α,β-unsaturated/α-hetero) is 1. The maximum absolute atomic E-state index is 14.1. The number of carbonyl (C=O) groups excluding carboxylic acids is 3. The summed E-state index contributed by atoms with van der Waals surface area (Å²) in [5.74, 6) is 1.65. The standard InChI is InChI=1S/C34H46N2O8/c1-19(39)4-3-5-28(40)36(18-34-14-20-8-21(15-34)10-22(9-20)16-34)26-13-25(33(42)35-6-7-37)29-24-11-23(17-38)12-27(43-2)31(24)44-32(29)30(26)41/h11-13,20-22,26,29-30,32,37-38,41H,3-10,14-18H2,1-2H3,(H,35,42). The highest BCUT2D eigenvalue weighted by atomic mass is 16.5. The Morgan fingerprint density at radius 1 is 1.07 bits per heavy atom. The number of aliphatic hydroxyl groups is 3. The minimum absolute atomic E-state index is 0.0204. The molecule has 4 atom stereocenters. The van der Waals surface area contributed by atoms with Gasteiger partial charge in [-0.2, -0.15) is 0 Å². The number of hydrogen-bond acceptors (Lipinski definition) is 8. The predicted octanol–water partition coefficient (Wildman–Crippen LogP) is 2.61. The zero-order chi connectivity index (χ0) is 31.2. The number of benzene rings is 1. The third kappa shape index (κ3) is 5.76. The monoisotopic (exact) mass is 610 g/mol. The van der Waals surface area contributed by atoms with Crippen molar-refractivity contribution in [1.82, 2.24) is 10.2 Å². The van der Waals surface area contributed by atoms with E-state index in [0.717, 1.165) is 19.3 Å². The summed E-state index contributed by atoms with van der Waals surface area (Å²) in [6, 6.07) is 2.62. The molecule has 10 nitrogen and oxygen atoms in total. The maximum atomic E-state index is 14.1. The highest BCUT2D eigenvalue weighted by molar-refractivity contribution is 5.96. The first kappa shape index (κ1) is 31.0. The summed E-state index contributed by atoms with van der Waals surface area (Å²) in [7, 11) is 1.50. The summed E-state index contributed by atoms with van der Waals surface area (Å²) in [6.45, 7) is 1.60. The van der Waals surface area contributed by atoms with Gasteiger partial charge in [-0.1, -0.05) is 0 Å². The molecule has 1 aromatic carbocycles. The van der Waals surface area contributed by atoms with Gasteiger partial charge in [0, 0.05) is 37.1 Å². The molecule has 2 amide bonds. The van der Waals surface area contributed by atoms with Crippen LogP contribution in [-0.2, 0) is 21.0 Å². The molecule has 0 saturated heterocycles. The molecule has 4 unspecified atom stereocenters. The van der Waals surface area contributed by atoms with Gasteiger partial charge < -0.3 is 39.8 Å². The van der Waals surface area contributed by atoms with Gasteiger partial charge in [-0.3, -0.25) is 9.59 Å². The zero-order valence-electron chi connectivity index (χ0n) is 25.8. The van der Waals surface area contributed by atoms with Crippen LogP contribution in [0.4, 0.5) is 0 Å². The van der Waals surface area contributed by atoms with Crippen LogP contribution in [-0.4, -0.2) is 82.9 Å². The van der Waals surface area contributed by atoms with Crippen molar-refractivity contribution in [2.45, 2.75) is 95.5 Å². The van der Waals surface area contributed by atoms with Crippen molar-refractivity contribution in [2.75, 3.05) is 26.8 Å². The minimum Gasteiger partial charge on any atom is -0.493 e. The van der Waals surface area contributed by atoms with Crippen LogP contribution in [0.3, 0.4) is 0 Å². The second-order valence-corrected chi connectivity index (χ2v) is 14.0. The number of nitrogens with zero attached hydrogens (tertiary/aromatic N) is 1. The number of nitrogens with one attached hydrogen (secondary N) is 1. The van der Waals surface area contributed by atoms with Crippen LogP contribution >= 0.6 is 0 Å². The highest BCUT2D eigenvalue weighted by Gasteiger charge is 2.55. The van der Waals surface area contributed by atoms with Crippen LogP contribution in [0.15, 0.2) is 23.8 Å². The predicted molar refractivity (Wildman–Crippen MR) is 161 cm³/mol. The maximum Gasteiger partial charge on any atom is 0.247 e. The second kappa shape index (κ2) is 12.4. The molecule has 4 bridgehead atoms. The lowest BCUT2D eigenvalue weighted by Gasteiger charge is -2.58. The van der Waals surface area contributed by atoms with E-state index in [9.17, 15) is 29.7 Å². The van der Waals surface area contributed by atoms with Crippen LogP contribution in [0.25, 0.3) is 0 Å². The van der Waals surface area contributed by atoms with E-state index < -0.39 is 30.1 Å². The number of rotatable bonds is 12. The van der Waals surface area contributed by atoms with E-state index in [-0.39, 0.29) is 43.3 Å². The normalized spacial score (nSPS) is 32.8. The quantitative estimate of drug-likeness (QED) is 0.283. The van der Waals surface area contributed by atoms with Crippen molar-refractivity contribution in [3.63, 3.8) is 0 Å². The van der Waals surface area contributed by atoms with E-state index in [1.54, 1.807) is 23.1 Å². The number of ketones is 1. The molecule has 4 N–H and O–H groups in total. The third-order valence-corrected chi connectivity index (χ3v) is 10.8. The molecule has 0 spiro atoms. The van der Waals surface area contributed by atoms with Crippen molar-refractivity contribution in [1.29, 1.82) is 0 Å². The Morgan fingerprint density at radius 2 is 1.75 bits per heavy atom. The number of amides is 2. The average Bonchev–Trinajstić information content (AvgIpc) is 3.38. The number of aliphatic hydroxyl groups excluding tert-OH is 3. The fourth-order valence-electron chi connectivity index (χ4n) is 9.46. The molecule has 0 aromatic heterocycles. The topological polar surface area (TPSA) is 146 Å². The van der Waals surface area contributed by atoms with Gasteiger partial charge in [0.2, 0.25) is 11.8 Å². The summed E-state index contributed by atoms with van der Waals surface area (Å²) in [6.07, 6.45) is 7.63. The Balaban J connectivity index is 1.39. The van der Waals surface area contributed by atoms with Gasteiger partial charge in [0.25, 0.3) is 0 Å². The zero-order valence-corrected chi connectivity index (χ0v) is 25.8. The molecule has 1 aliphatic heterocycles. The number of methoxy groups -OCH3 is 1. The molecular weight excluding hydrogens is 564 g/mol. The van der Waals surface area contributed by atoms with Crippen molar-refractivity contribution in [2.24, 2.45) is 23.2 Å². The van der Waals surface area contributed by atoms with Crippen molar-refractivity contribution in [3.05, 3.63) is 34.9 Å². The van der Waals surface area contributed by atoms with Gasteiger partial charge >= 0.3 is 0 Å². The molecule has 44 heavy (non-hydrogen) atoms. The summed E-state index contributed by atoms with van der Waals surface area (Å²) < 4.78 is 12.0. The van der Waals surface area contributed by atoms with Crippen LogP contribution < -0.4 is 14.8 Å². The lowest BCUT2D eigenvalue weighted by Crippen LogP contribution is -2.59. The molecule has 240 valence electrons. The van der Waals surface area contributed by atoms with Crippen molar-refractivity contribution < 1.29 is 39.2 Å². The number of fused-ring (bicyclic) bond motifs is 3. The summed E-state index contributed by atoms with van der Waals surface area (Å²) in [4.78, 5) is 41.3. The van der Waals surface area contributed by atoms with Crippen LogP contribution in [0.1, 0.15) is 81.8 Å². The molecule has 1 aromatic rings. The van der Waals surface area contributed by atoms with E-state index >= 15 is 0 Å². The SMILES string of the molecule is COc1cc(CO)cc2c1OC1C2C(C(=O)NCCO)=CC(N(CC23CC4CC(CC(C4)C2)C3)C(=O)CCCC(C)=O)C1O. The first-order chi connectivity index (χ1) is 21.1. The Morgan fingerprint density at radius 3 is 2.34 bits per heavy atom. The minimum atomic E-state index is -1.14. The summed E-state index contributed by atoms with van der Waals surface area (Å²) in [5.41, 5.74) is 1.54. The number of carbonyl (C=O) groups is 3. The van der Waals surface area contributed by atoms with Gasteiger partial charge in [-0.05, 0) is 98.8 Å². The van der Waals surface area contributed by atoms with Gasteiger partial charge in [-0.15, -0.1) is 0 Å². The van der Waals surface area contributed by atoms with Gasteiger partial charge in [0.05, 0.1) is 32.3 Å². The molecule has 5 aliphatic carbocycles. The fourth-order valence-corrected chi connectivity index (χ4v) is 9.46. The molecule has 1 heterocycles. The second-order valence-electron chi connectivity index (χ2n) is 14.0. The first-order valence-electron chi connectivity index (χ1n) is 16.2. The summed E-state index contributed by atoms with van der Waals surface area (Å²) >= 11 is 0. The van der Waals surface area contributed by atoms with Gasteiger partial charge in [0.15, 0.2) is 11.5 Å². The third-order valence-electron chi connectivity index (χ3n) is 10.8. The van der Waals surface area contributed by atoms with E-state index in [0.29, 0.717) is 65.3 Å². The van der Waals surface area contributed by atoms with E-state index in [1.807, 2.05) is 0 Å². The fraction of sp³-hybridized carbons (Fsp3) is 0.676. The van der Waals surface area contributed by atoms with Crippen LogP contribution in [0, 0.1) is 23.2 Å². The lowest BCUT2D eigenvalue weighted by molar-refractivity contribution is -0.145. The number of ether oxygens (including phenoxy) is 2. The highest BCUT2D eigenvalue weighted by Crippen LogP contribution is 2.60. The van der Waals surface area contributed by atoms with E-state index in [4.69, 9.17) is 9.47 Å². The van der Waals surface area contributed by atoms with Crippen molar-refractivity contribution >= 4 is 17.6 Å². The smallest absolute Gasteiger partial charge is 0.247 e. The largest absolute Gasteiger partial charge is 0.493 e. The van der Waals surface area contributed by atoms with E-state index in [1.165, 1.54) is 33.3 Å².